The van der Waals surface area contributed by atoms with Crippen molar-refractivity contribution < 1.29 is 4.92 Å². The van der Waals surface area contributed by atoms with Gasteiger partial charge in [0, 0.05) is 10.6 Å². The summed E-state index contributed by atoms with van der Waals surface area (Å²) in [6.07, 6.45) is 3.12. The van der Waals surface area contributed by atoms with Gasteiger partial charge in [-0.2, -0.15) is 0 Å². The number of hydrogen-bond acceptors (Lipinski definition) is 6. The highest BCUT2D eigenvalue weighted by Gasteiger charge is 2.21. The lowest BCUT2D eigenvalue weighted by atomic mass is 10.3. The molecule has 0 amide bonds. The molecular weight excluding hydrogens is 288 g/mol. The van der Waals surface area contributed by atoms with E-state index in [9.17, 15) is 10.1 Å². The highest BCUT2D eigenvalue weighted by Crippen LogP contribution is 2.31. The van der Waals surface area contributed by atoms with Crippen LogP contribution in [-0.4, -0.2) is 21.1 Å². The van der Waals surface area contributed by atoms with Crippen molar-refractivity contribution in [1.82, 2.24) is 9.97 Å². The summed E-state index contributed by atoms with van der Waals surface area (Å²) in [4.78, 5) is 18.8. The lowest BCUT2D eigenvalue weighted by Crippen LogP contribution is -2.01. The molecule has 1 aromatic heterocycles. The largest absolute Gasteiger partial charge is 0.348 e. The van der Waals surface area contributed by atoms with Crippen LogP contribution >= 0.6 is 23.4 Å². The van der Waals surface area contributed by atoms with Crippen LogP contribution in [0.1, 0.15) is 0 Å². The lowest BCUT2D eigenvalue weighted by Gasteiger charge is -2.07. The van der Waals surface area contributed by atoms with Gasteiger partial charge in [-0.3, -0.25) is 10.1 Å². The smallest absolute Gasteiger partial charge is 0.334 e. The van der Waals surface area contributed by atoms with E-state index in [0.29, 0.717) is 5.69 Å². The molecule has 6 nitrogen and oxygen atoms in total. The number of nitrogens with one attached hydrogen (secondary N) is 1. The molecule has 0 aliphatic heterocycles. The van der Waals surface area contributed by atoms with E-state index in [1.54, 1.807) is 17.8 Å². The molecule has 0 saturated heterocycles. The molecule has 1 N–H and O–H groups in total. The maximum atomic E-state index is 11.0. The van der Waals surface area contributed by atoms with Crippen LogP contribution in [0.2, 0.25) is 5.15 Å². The molecule has 0 radical (unpaired) electrons. The average molecular weight is 297 g/mol. The molecule has 1 aromatic carbocycles. The van der Waals surface area contributed by atoms with Crippen molar-refractivity contribution in [3.63, 3.8) is 0 Å². The van der Waals surface area contributed by atoms with Gasteiger partial charge in [-0.05, 0) is 24.5 Å². The third-order valence-corrected chi connectivity index (χ3v) is 3.29. The van der Waals surface area contributed by atoms with Crippen molar-refractivity contribution in [3.05, 3.63) is 45.9 Å². The number of rotatable bonds is 4. The number of nitro groups is 1. The van der Waals surface area contributed by atoms with Gasteiger partial charge in [-0.15, -0.1) is 11.8 Å². The number of halogens is 1. The van der Waals surface area contributed by atoms with Crippen LogP contribution in [0.15, 0.2) is 35.5 Å². The fraction of sp³-hybridized carbons (Fsp3) is 0.0909. The zero-order chi connectivity index (χ0) is 13.8. The normalized spacial score (nSPS) is 10.2. The van der Waals surface area contributed by atoms with E-state index in [0.717, 1.165) is 4.90 Å². The van der Waals surface area contributed by atoms with Crippen LogP contribution < -0.4 is 5.32 Å². The van der Waals surface area contributed by atoms with Gasteiger partial charge in [-0.1, -0.05) is 17.7 Å². The number of thioether (sulfide) groups is 1. The number of aromatic nitrogens is 2. The van der Waals surface area contributed by atoms with Crippen LogP contribution in [0.4, 0.5) is 17.2 Å². The van der Waals surface area contributed by atoms with Crippen molar-refractivity contribution in [2.45, 2.75) is 4.90 Å². The molecule has 0 saturated carbocycles. The first-order valence-electron chi connectivity index (χ1n) is 5.18. The highest BCUT2D eigenvalue weighted by molar-refractivity contribution is 7.98. The quantitative estimate of drug-likeness (QED) is 0.402. The second-order valence-electron chi connectivity index (χ2n) is 3.48. The minimum atomic E-state index is -0.608. The molecule has 19 heavy (non-hydrogen) atoms. The van der Waals surface area contributed by atoms with Crippen molar-refractivity contribution >= 4 is 40.6 Å². The van der Waals surface area contributed by atoms with Gasteiger partial charge >= 0.3 is 5.69 Å². The van der Waals surface area contributed by atoms with E-state index in [1.165, 1.54) is 6.33 Å². The number of hydrogen-bond donors (Lipinski definition) is 1. The minimum Gasteiger partial charge on any atom is -0.334 e. The SMILES string of the molecule is CSc1cccc(Nc2ncnc(Cl)c2[N+](=O)[O-])c1. The summed E-state index contributed by atoms with van der Waals surface area (Å²) in [5, 5.41) is 13.6. The first-order chi connectivity index (χ1) is 9.11. The fourth-order valence-electron chi connectivity index (χ4n) is 1.45. The second-order valence-corrected chi connectivity index (χ2v) is 4.71. The molecule has 0 atom stereocenters. The standard InChI is InChI=1S/C11H9ClN4O2S/c1-19-8-4-2-3-7(5-8)15-11-9(16(17)18)10(12)13-6-14-11/h2-6H,1H3,(H,13,14,15). The predicted molar refractivity (Wildman–Crippen MR) is 75.2 cm³/mol. The summed E-state index contributed by atoms with van der Waals surface area (Å²) in [5.41, 5.74) is 0.364. The monoisotopic (exact) mass is 296 g/mol. The molecule has 0 unspecified atom stereocenters. The fourth-order valence-corrected chi connectivity index (χ4v) is 2.11. The number of nitrogens with zero attached hydrogens (tertiary/aromatic N) is 3. The van der Waals surface area contributed by atoms with E-state index in [1.807, 2.05) is 24.5 Å². The molecule has 8 heteroatoms. The van der Waals surface area contributed by atoms with Gasteiger partial charge in [0.15, 0.2) is 0 Å². The van der Waals surface area contributed by atoms with Crippen LogP contribution in [0.3, 0.4) is 0 Å². The van der Waals surface area contributed by atoms with E-state index < -0.39 is 4.92 Å². The summed E-state index contributed by atoms with van der Waals surface area (Å²) in [6.45, 7) is 0. The minimum absolute atomic E-state index is 0.0725. The summed E-state index contributed by atoms with van der Waals surface area (Å²) >= 11 is 7.29. The van der Waals surface area contributed by atoms with Gasteiger partial charge in [0.25, 0.3) is 0 Å². The maximum Gasteiger partial charge on any atom is 0.348 e. The Hall–Kier alpha value is -1.86. The molecule has 0 bridgehead atoms. The van der Waals surface area contributed by atoms with Gasteiger partial charge in [0.1, 0.15) is 6.33 Å². The molecule has 1 heterocycles. The molecule has 2 aromatic rings. The third kappa shape index (κ3) is 3.12. The van der Waals surface area contributed by atoms with Gasteiger partial charge in [0.2, 0.25) is 11.0 Å². The van der Waals surface area contributed by atoms with E-state index >= 15 is 0 Å². The number of benzene rings is 1. The van der Waals surface area contributed by atoms with Crippen LogP contribution in [0, 0.1) is 10.1 Å². The van der Waals surface area contributed by atoms with Crippen LogP contribution in [0.5, 0.6) is 0 Å². The van der Waals surface area contributed by atoms with Gasteiger partial charge < -0.3 is 5.32 Å². The first kappa shape index (κ1) is 13.6. The molecule has 2 rings (SSSR count). The Morgan fingerprint density at radius 3 is 2.89 bits per heavy atom. The Morgan fingerprint density at radius 1 is 1.42 bits per heavy atom. The lowest BCUT2D eigenvalue weighted by molar-refractivity contribution is -0.384. The van der Waals surface area contributed by atoms with Crippen molar-refractivity contribution in [3.8, 4) is 0 Å². The zero-order valence-corrected chi connectivity index (χ0v) is 11.4. The summed E-state index contributed by atoms with van der Waals surface area (Å²) in [5.74, 6) is 0.0725. The summed E-state index contributed by atoms with van der Waals surface area (Å²) < 4.78 is 0. The van der Waals surface area contributed by atoms with Crippen molar-refractivity contribution in [2.75, 3.05) is 11.6 Å². The molecule has 0 spiro atoms. The Kier molecular flexibility index (Phi) is 4.18. The van der Waals surface area contributed by atoms with E-state index in [-0.39, 0.29) is 16.7 Å². The molecule has 0 aliphatic rings. The molecular formula is C11H9ClN4O2S. The van der Waals surface area contributed by atoms with Crippen molar-refractivity contribution in [2.24, 2.45) is 0 Å². The van der Waals surface area contributed by atoms with Crippen molar-refractivity contribution in [1.29, 1.82) is 0 Å². The molecule has 98 valence electrons. The highest BCUT2D eigenvalue weighted by atomic mass is 35.5. The van der Waals surface area contributed by atoms with E-state index in [4.69, 9.17) is 11.6 Å². The Labute approximate surface area is 118 Å². The Balaban J connectivity index is 2.38. The summed E-state index contributed by atoms with van der Waals surface area (Å²) in [7, 11) is 0. The maximum absolute atomic E-state index is 11.0. The van der Waals surface area contributed by atoms with Gasteiger partial charge in [-0.25, -0.2) is 9.97 Å². The topological polar surface area (TPSA) is 81.0 Å². The Bertz CT molecular complexity index is 623. The number of anilines is 2. The zero-order valence-electron chi connectivity index (χ0n) is 9.83. The predicted octanol–water partition coefficient (Wildman–Crippen LogP) is 3.50. The first-order valence-corrected chi connectivity index (χ1v) is 6.78. The van der Waals surface area contributed by atoms with Gasteiger partial charge in [0.05, 0.1) is 4.92 Å². The van der Waals surface area contributed by atoms with Crippen LogP contribution in [0.25, 0.3) is 0 Å². The Morgan fingerprint density at radius 2 is 2.21 bits per heavy atom. The molecule has 0 fully saturated rings. The third-order valence-electron chi connectivity index (χ3n) is 2.29. The second kappa shape index (κ2) is 5.85. The average Bonchev–Trinajstić information content (AvgIpc) is 2.38. The van der Waals surface area contributed by atoms with E-state index in [2.05, 4.69) is 15.3 Å². The molecule has 0 aliphatic carbocycles. The summed E-state index contributed by atoms with van der Waals surface area (Å²) in [6, 6.07) is 7.45. The van der Waals surface area contributed by atoms with Crippen LogP contribution in [-0.2, 0) is 0 Å².